The van der Waals surface area contributed by atoms with Crippen LogP contribution in [0.2, 0.25) is 0 Å². The molecule has 0 aliphatic rings. The molecule has 52 valence electrons. The van der Waals surface area contributed by atoms with Crippen molar-refractivity contribution < 1.29 is 0 Å². The standard InChI is InChI=1S/C8H9NS/c1-2-6-9-8-5-3-4-7-10-8/h2-7H,1H3/b6-2-,9-8-. The van der Waals surface area contributed by atoms with Crippen molar-refractivity contribution in [3.8, 4) is 0 Å². The van der Waals surface area contributed by atoms with Crippen LogP contribution < -0.4 is 4.67 Å². The summed E-state index contributed by atoms with van der Waals surface area (Å²) in [5, 5.41) is 2.02. The summed E-state index contributed by atoms with van der Waals surface area (Å²) in [5.41, 5.74) is 0. The molecule has 0 spiro atoms. The Kier molecular flexibility index (Phi) is 2.90. The molecular formula is C8H9NS. The van der Waals surface area contributed by atoms with Gasteiger partial charge >= 0.3 is 0 Å². The van der Waals surface area contributed by atoms with Crippen molar-refractivity contribution in [2.24, 2.45) is 4.99 Å². The lowest BCUT2D eigenvalue weighted by Crippen LogP contribution is -1.90. The van der Waals surface area contributed by atoms with Crippen LogP contribution >= 0.6 is 11.3 Å². The molecule has 1 aromatic rings. The van der Waals surface area contributed by atoms with E-state index in [1.165, 1.54) is 0 Å². The van der Waals surface area contributed by atoms with Gasteiger partial charge in [0.15, 0.2) is 0 Å². The van der Waals surface area contributed by atoms with Crippen molar-refractivity contribution in [3.63, 3.8) is 0 Å². The molecule has 2 heteroatoms. The van der Waals surface area contributed by atoms with Crippen LogP contribution in [0.5, 0.6) is 0 Å². The predicted molar refractivity (Wildman–Crippen MR) is 44.7 cm³/mol. The van der Waals surface area contributed by atoms with Gasteiger partial charge in [0, 0.05) is 6.20 Å². The van der Waals surface area contributed by atoms with E-state index in [1.54, 1.807) is 17.5 Å². The summed E-state index contributed by atoms with van der Waals surface area (Å²) in [5.74, 6) is 0. The highest BCUT2D eigenvalue weighted by Crippen LogP contribution is 1.84. The molecule has 0 fully saturated rings. The topological polar surface area (TPSA) is 12.4 Å². The number of allylic oxidation sites excluding steroid dienone is 1. The van der Waals surface area contributed by atoms with Gasteiger partial charge in [0.2, 0.25) is 0 Å². The first kappa shape index (κ1) is 7.22. The van der Waals surface area contributed by atoms with Gasteiger partial charge in [-0.2, -0.15) is 0 Å². The SMILES string of the molecule is C/C=C\N=c1\ccccs1. The molecule has 0 amide bonds. The first-order chi connectivity index (χ1) is 4.93. The fourth-order valence-electron chi connectivity index (χ4n) is 0.553. The number of rotatable bonds is 1. The average Bonchev–Trinajstić information content (AvgIpc) is 2.03. The lowest BCUT2D eigenvalue weighted by molar-refractivity contribution is 1.40. The van der Waals surface area contributed by atoms with Gasteiger partial charge in [-0.05, 0) is 18.4 Å². The van der Waals surface area contributed by atoms with Crippen molar-refractivity contribution in [2.45, 2.75) is 6.92 Å². The lowest BCUT2D eigenvalue weighted by Gasteiger charge is -1.79. The molecule has 1 aromatic heterocycles. The Hall–Kier alpha value is -0.890. The molecule has 0 saturated carbocycles. The molecule has 1 heterocycles. The third kappa shape index (κ3) is 2.15. The quantitative estimate of drug-likeness (QED) is 0.583. The van der Waals surface area contributed by atoms with Crippen LogP contribution in [-0.4, -0.2) is 0 Å². The largest absolute Gasteiger partial charge is 0.246 e. The molecule has 0 aliphatic carbocycles. The zero-order valence-corrected chi connectivity index (χ0v) is 6.64. The Bertz CT molecular complexity index is 255. The van der Waals surface area contributed by atoms with Gasteiger partial charge in [-0.25, -0.2) is 4.99 Å². The minimum absolute atomic E-state index is 1.04. The highest BCUT2D eigenvalue weighted by Gasteiger charge is 1.72. The minimum Gasteiger partial charge on any atom is -0.246 e. The molecule has 1 nitrogen and oxygen atoms in total. The fraction of sp³-hybridized carbons (Fsp3) is 0.125. The van der Waals surface area contributed by atoms with Gasteiger partial charge in [-0.1, -0.05) is 18.2 Å². The molecule has 0 unspecified atom stereocenters. The number of nitrogens with zero attached hydrogens (tertiary/aromatic N) is 1. The summed E-state index contributed by atoms with van der Waals surface area (Å²) in [6, 6.07) is 5.98. The zero-order chi connectivity index (χ0) is 7.23. The van der Waals surface area contributed by atoms with Gasteiger partial charge in [-0.3, -0.25) is 0 Å². The molecule has 0 radical (unpaired) electrons. The Morgan fingerprint density at radius 2 is 2.40 bits per heavy atom. The normalized spacial score (nSPS) is 12.7. The van der Waals surface area contributed by atoms with E-state index in [0.717, 1.165) is 4.67 Å². The Morgan fingerprint density at radius 3 is 3.00 bits per heavy atom. The van der Waals surface area contributed by atoms with E-state index in [9.17, 15) is 0 Å². The summed E-state index contributed by atoms with van der Waals surface area (Å²) >= 11 is 1.63. The van der Waals surface area contributed by atoms with Crippen molar-refractivity contribution >= 4 is 11.3 Å². The van der Waals surface area contributed by atoms with Gasteiger partial charge in [0.05, 0.1) is 0 Å². The molecule has 0 aromatic carbocycles. The summed E-state index contributed by atoms with van der Waals surface area (Å²) in [7, 11) is 0. The van der Waals surface area contributed by atoms with E-state index in [4.69, 9.17) is 0 Å². The fourth-order valence-corrected chi connectivity index (χ4v) is 1.14. The van der Waals surface area contributed by atoms with Crippen molar-refractivity contribution in [1.82, 2.24) is 0 Å². The number of hydrogen-bond donors (Lipinski definition) is 0. The molecule has 0 bridgehead atoms. The second-order valence-electron chi connectivity index (χ2n) is 1.76. The maximum Gasteiger partial charge on any atom is 0.115 e. The zero-order valence-electron chi connectivity index (χ0n) is 5.82. The third-order valence-corrected chi connectivity index (χ3v) is 1.74. The van der Waals surface area contributed by atoms with E-state index >= 15 is 0 Å². The van der Waals surface area contributed by atoms with Crippen LogP contribution in [-0.2, 0) is 0 Å². The van der Waals surface area contributed by atoms with Gasteiger partial charge in [0.1, 0.15) is 4.67 Å². The Morgan fingerprint density at radius 1 is 1.50 bits per heavy atom. The second kappa shape index (κ2) is 4.01. The van der Waals surface area contributed by atoms with Gasteiger partial charge < -0.3 is 0 Å². The van der Waals surface area contributed by atoms with Crippen LogP contribution in [0.15, 0.2) is 40.8 Å². The van der Waals surface area contributed by atoms with E-state index in [0.29, 0.717) is 0 Å². The average molecular weight is 151 g/mol. The third-order valence-electron chi connectivity index (χ3n) is 0.968. The molecule has 0 saturated heterocycles. The summed E-state index contributed by atoms with van der Waals surface area (Å²) in [4.78, 5) is 4.16. The van der Waals surface area contributed by atoms with Gasteiger partial charge in [0.25, 0.3) is 0 Å². The number of hydrogen-bond acceptors (Lipinski definition) is 2. The van der Waals surface area contributed by atoms with Crippen LogP contribution in [0.4, 0.5) is 0 Å². The summed E-state index contributed by atoms with van der Waals surface area (Å²) in [6.07, 6.45) is 3.71. The van der Waals surface area contributed by atoms with Crippen LogP contribution in [0, 0.1) is 0 Å². The van der Waals surface area contributed by atoms with E-state index in [1.807, 2.05) is 36.6 Å². The van der Waals surface area contributed by atoms with Crippen molar-refractivity contribution in [2.75, 3.05) is 0 Å². The molecule has 0 atom stereocenters. The maximum absolute atomic E-state index is 4.16. The van der Waals surface area contributed by atoms with E-state index in [-0.39, 0.29) is 0 Å². The van der Waals surface area contributed by atoms with Crippen molar-refractivity contribution in [3.05, 3.63) is 40.5 Å². The maximum atomic E-state index is 4.16. The first-order valence-corrected chi connectivity index (χ1v) is 4.00. The summed E-state index contributed by atoms with van der Waals surface area (Å²) in [6.45, 7) is 1.96. The van der Waals surface area contributed by atoms with E-state index < -0.39 is 0 Å². The van der Waals surface area contributed by atoms with Gasteiger partial charge in [-0.15, -0.1) is 11.3 Å². The van der Waals surface area contributed by atoms with Crippen LogP contribution in [0.1, 0.15) is 6.92 Å². The second-order valence-corrected chi connectivity index (χ2v) is 2.68. The first-order valence-electron chi connectivity index (χ1n) is 3.12. The van der Waals surface area contributed by atoms with Crippen LogP contribution in [0.3, 0.4) is 0 Å². The molecular weight excluding hydrogens is 142 g/mol. The summed E-state index contributed by atoms with van der Waals surface area (Å²) < 4.78 is 1.04. The van der Waals surface area contributed by atoms with E-state index in [2.05, 4.69) is 4.99 Å². The smallest absolute Gasteiger partial charge is 0.115 e. The highest BCUT2D eigenvalue weighted by atomic mass is 32.1. The minimum atomic E-state index is 1.04. The molecule has 10 heavy (non-hydrogen) atoms. The molecule has 1 rings (SSSR count). The Labute approximate surface area is 64.4 Å². The monoisotopic (exact) mass is 151 g/mol. The molecule has 0 aliphatic heterocycles. The van der Waals surface area contributed by atoms with Crippen LogP contribution in [0.25, 0.3) is 0 Å². The van der Waals surface area contributed by atoms with Crippen molar-refractivity contribution in [1.29, 1.82) is 0 Å². The molecule has 0 N–H and O–H groups in total. The Balaban J connectivity index is 2.95. The predicted octanol–water partition coefficient (Wildman–Crippen LogP) is 2.18. The highest BCUT2D eigenvalue weighted by molar-refractivity contribution is 7.07. The lowest BCUT2D eigenvalue weighted by atomic mass is 10.6.